The van der Waals surface area contributed by atoms with Gasteiger partial charge in [0.05, 0.1) is 13.7 Å². The minimum absolute atomic E-state index is 0.109. The third-order valence-corrected chi connectivity index (χ3v) is 5.62. The maximum atomic E-state index is 11.8. The van der Waals surface area contributed by atoms with E-state index in [0.29, 0.717) is 17.1 Å². The highest BCUT2D eigenvalue weighted by Crippen LogP contribution is 2.35. The molecular formula is C24H27NO8. The number of ketones is 1. The van der Waals surface area contributed by atoms with Gasteiger partial charge in [-0.25, -0.2) is 0 Å². The molecule has 1 amide bonds. The van der Waals surface area contributed by atoms with E-state index in [0.717, 1.165) is 5.56 Å². The van der Waals surface area contributed by atoms with Gasteiger partial charge < -0.3 is 34.1 Å². The highest BCUT2D eigenvalue weighted by atomic mass is 16.7. The van der Waals surface area contributed by atoms with Crippen LogP contribution in [0.3, 0.4) is 0 Å². The van der Waals surface area contributed by atoms with Gasteiger partial charge in [0.1, 0.15) is 35.9 Å². The number of benzene rings is 2. The molecule has 2 aromatic rings. The van der Waals surface area contributed by atoms with E-state index in [1.165, 1.54) is 13.8 Å². The molecule has 6 unspecified atom stereocenters. The summed E-state index contributed by atoms with van der Waals surface area (Å²) in [6.45, 7) is 2.95. The molecule has 176 valence electrons. The van der Waals surface area contributed by atoms with Gasteiger partial charge in [-0.3, -0.25) is 9.59 Å². The molecule has 2 heterocycles. The van der Waals surface area contributed by atoms with Crippen LogP contribution in [0.1, 0.15) is 36.1 Å². The number of hydrogen-bond acceptors (Lipinski definition) is 8. The maximum Gasteiger partial charge on any atom is 0.223 e. The van der Waals surface area contributed by atoms with Crippen LogP contribution in [0.4, 0.5) is 0 Å². The first-order valence-corrected chi connectivity index (χ1v) is 10.6. The molecule has 0 aliphatic carbocycles. The highest BCUT2D eigenvalue weighted by molar-refractivity contribution is 5.94. The van der Waals surface area contributed by atoms with Crippen LogP contribution in [-0.2, 0) is 19.0 Å². The number of hydrogen-bond donors (Lipinski definition) is 2. The maximum absolute atomic E-state index is 11.8. The Bertz CT molecular complexity index is 994. The van der Waals surface area contributed by atoms with Crippen molar-refractivity contribution in [3.05, 3.63) is 59.7 Å². The van der Waals surface area contributed by atoms with Gasteiger partial charge in [0, 0.05) is 18.1 Å². The SMILES string of the molecule is COc1ccc(C2OCC3OC(Oc4cccc(C(C)=O)c4)C(NC(C)=O)C(O)C3O2)cc1. The lowest BCUT2D eigenvalue weighted by molar-refractivity contribution is -0.333. The average molecular weight is 457 g/mol. The summed E-state index contributed by atoms with van der Waals surface area (Å²) < 4.78 is 29.0. The first-order chi connectivity index (χ1) is 15.9. The van der Waals surface area contributed by atoms with E-state index in [2.05, 4.69) is 5.32 Å². The molecule has 2 saturated heterocycles. The fraction of sp³-hybridized carbons (Fsp3) is 0.417. The number of amides is 1. The third kappa shape index (κ3) is 5.17. The number of aliphatic hydroxyl groups is 1. The number of ether oxygens (including phenoxy) is 5. The predicted molar refractivity (Wildman–Crippen MR) is 116 cm³/mol. The Hall–Kier alpha value is -2.98. The van der Waals surface area contributed by atoms with Crippen LogP contribution >= 0.6 is 0 Å². The molecule has 0 spiro atoms. The molecule has 9 heteroatoms. The monoisotopic (exact) mass is 457 g/mol. The smallest absolute Gasteiger partial charge is 0.223 e. The van der Waals surface area contributed by atoms with E-state index in [9.17, 15) is 14.7 Å². The zero-order chi connectivity index (χ0) is 23.5. The lowest BCUT2D eigenvalue weighted by Gasteiger charge is -2.47. The first kappa shape index (κ1) is 23.2. The normalized spacial score (nSPS) is 29.0. The lowest BCUT2D eigenvalue weighted by Crippen LogP contribution is -2.67. The molecular weight excluding hydrogens is 430 g/mol. The number of carbonyl (C=O) groups excluding carboxylic acids is 2. The molecule has 2 aromatic carbocycles. The van der Waals surface area contributed by atoms with Gasteiger partial charge in [-0.2, -0.15) is 0 Å². The van der Waals surface area contributed by atoms with Crippen molar-refractivity contribution in [2.24, 2.45) is 0 Å². The summed E-state index contributed by atoms with van der Waals surface area (Å²) in [5.41, 5.74) is 1.24. The topological polar surface area (TPSA) is 113 Å². The molecule has 2 aliphatic rings. The summed E-state index contributed by atoms with van der Waals surface area (Å²) in [6, 6.07) is 12.9. The molecule has 2 aliphatic heterocycles. The molecule has 33 heavy (non-hydrogen) atoms. The van der Waals surface area contributed by atoms with E-state index in [1.54, 1.807) is 43.5 Å². The van der Waals surface area contributed by atoms with Crippen LogP contribution in [0.2, 0.25) is 0 Å². The third-order valence-electron chi connectivity index (χ3n) is 5.62. The summed E-state index contributed by atoms with van der Waals surface area (Å²) in [6.07, 6.45) is -4.24. The number of aliphatic hydroxyl groups excluding tert-OH is 1. The minimum Gasteiger partial charge on any atom is -0.497 e. The second-order valence-corrected chi connectivity index (χ2v) is 8.00. The van der Waals surface area contributed by atoms with Gasteiger partial charge in [0.2, 0.25) is 12.2 Å². The van der Waals surface area contributed by atoms with E-state index >= 15 is 0 Å². The molecule has 0 saturated carbocycles. The molecule has 0 aromatic heterocycles. The molecule has 4 rings (SSSR count). The summed E-state index contributed by atoms with van der Waals surface area (Å²) in [5, 5.41) is 13.8. The van der Waals surface area contributed by atoms with Crippen LogP contribution in [-0.4, -0.2) is 61.2 Å². The van der Waals surface area contributed by atoms with Gasteiger partial charge in [0.25, 0.3) is 0 Å². The Kier molecular flexibility index (Phi) is 6.94. The fourth-order valence-electron chi connectivity index (χ4n) is 3.93. The fourth-order valence-corrected chi connectivity index (χ4v) is 3.93. The van der Waals surface area contributed by atoms with Crippen LogP contribution in [0, 0.1) is 0 Å². The van der Waals surface area contributed by atoms with Crippen LogP contribution in [0.15, 0.2) is 48.5 Å². The van der Waals surface area contributed by atoms with Crippen molar-refractivity contribution >= 4 is 11.7 Å². The Morgan fingerprint density at radius 1 is 1.06 bits per heavy atom. The van der Waals surface area contributed by atoms with Crippen LogP contribution < -0.4 is 14.8 Å². The largest absolute Gasteiger partial charge is 0.497 e. The van der Waals surface area contributed by atoms with Crippen molar-refractivity contribution in [3.63, 3.8) is 0 Å². The Morgan fingerprint density at radius 3 is 2.48 bits per heavy atom. The predicted octanol–water partition coefficient (Wildman–Crippen LogP) is 1.98. The van der Waals surface area contributed by atoms with E-state index < -0.39 is 36.9 Å². The van der Waals surface area contributed by atoms with Gasteiger partial charge in [-0.05, 0) is 31.2 Å². The van der Waals surface area contributed by atoms with Crippen molar-refractivity contribution < 1.29 is 38.4 Å². The first-order valence-electron chi connectivity index (χ1n) is 10.6. The van der Waals surface area contributed by atoms with E-state index in [1.807, 2.05) is 12.1 Å². The number of nitrogens with one attached hydrogen (secondary N) is 1. The van der Waals surface area contributed by atoms with Crippen molar-refractivity contribution in [2.75, 3.05) is 13.7 Å². The molecule has 2 N–H and O–H groups in total. The second-order valence-electron chi connectivity index (χ2n) is 8.00. The average Bonchev–Trinajstić information content (AvgIpc) is 2.81. The van der Waals surface area contributed by atoms with Crippen molar-refractivity contribution in [1.82, 2.24) is 5.32 Å². The van der Waals surface area contributed by atoms with Gasteiger partial charge in [-0.1, -0.05) is 24.3 Å². The summed E-state index contributed by atoms with van der Waals surface area (Å²) >= 11 is 0. The van der Waals surface area contributed by atoms with Crippen LogP contribution in [0.25, 0.3) is 0 Å². The van der Waals surface area contributed by atoms with E-state index in [4.69, 9.17) is 23.7 Å². The highest BCUT2D eigenvalue weighted by Gasteiger charge is 2.50. The number of fused-ring (bicyclic) bond motifs is 1. The molecule has 0 bridgehead atoms. The van der Waals surface area contributed by atoms with Gasteiger partial charge >= 0.3 is 0 Å². The standard InChI is InChI=1S/C24H27NO8/c1-13(26)16-5-4-6-18(11-16)31-24-20(25-14(2)27)21(28)22-19(32-24)12-30-23(33-22)15-7-9-17(29-3)10-8-15/h4-11,19-24,28H,12H2,1-3H3,(H,25,27). The van der Waals surface area contributed by atoms with Gasteiger partial charge in [-0.15, -0.1) is 0 Å². The second kappa shape index (κ2) is 9.88. The molecule has 9 nitrogen and oxygen atoms in total. The summed E-state index contributed by atoms with van der Waals surface area (Å²) in [5.74, 6) is 0.614. The zero-order valence-corrected chi connectivity index (χ0v) is 18.6. The molecule has 2 fully saturated rings. The molecule has 6 atom stereocenters. The minimum atomic E-state index is -1.13. The lowest BCUT2D eigenvalue weighted by atomic mass is 9.95. The number of rotatable bonds is 6. The van der Waals surface area contributed by atoms with Crippen molar-refractivity contribution in [1.29, 1.82) is 0 Å². The number of Topliss-reactive ketones (excluding diaryl/α,β-unsaturated/α-hetero) is 1. The van der Waals surface area contributed by atoms with Crippen LogP contribution in [0.5, 0.6) is 11.5 Å². The Morgan fingerprint density at radius 2 is 1.82 bits per heavy atom. The summed E-state index contributed by atoms with van der Waals surface area (Å²) in [4.78, 5) is 23.5. The van der Waals surface area contributed by atoms with E-state index in [-0.39, 0.29) is 18.3 Å². The van der Waals surface area contributed by atoms with Crippen molar-refractivity contribution in [2.45, 2.75) is 50.8 Å². The Labute approximate surface area is 191 Å². The Balaban J connectivity index is 1.52. The summed E-state index contributed by atoms with van der Waals surface area (Å²) in [7, 11) is 1.58. The number of methoxy groups -OCH3 is 1. The quantitative estimate of drug-likeness (QED) is 0.634. The zero-order valence-electron chi connectivity index (χ0n) is 18.6. The molecule has 0 radical (unpaired) electrons. The number of carbonyl (C=O) groups is 2. The van der Waals surface area contributed by atoms with Crippen molar-refractivity contribution in [3.8, 4) is 11.5 Å². The van der Waals surface area contributed by atoms with Gasteiger partial charge in [0.15, 0.2) is 12.1 Å².